The van der Waals surface area contributed by atoms with Gasteiger partial charge in [-0.15, -0.1) is 11.6 Å². The highest BCUT2D eigenvalue weighted by Crippen LogP contribution is 2.38. The van der Waals surface area contributed by atoms with E-state index in [-0.39, 0.29) is 27.4 Å². The minimum atomic E-state index is -0.622. The second-order valence-corrected chi connectivity index (χ2v) is 6.15. The lowest BCUT2D eigenvalue weighted by Crippen LogP contribution is -2.52. The number of nitro benzene ring substituents is 1. The molecule has 1 saturated carbocycles. The van der Waals surface area contributed by atoms with E-state index in [9.17, 15) is 14.5 Å². The molecule has 2 rings (SSSR count). The highest BCUT2D eigenvalue weighted by Gasteiger charge is 2.43. The van der Waals surface area contributed by atoms with Crippen molar-refractivity contribution in [2.75, 3.05) is 6.61 Å². The van der Waals surface area contributed by atoms with Gasteiger partial charge in [-0.3, -0.25) is 10.1 Å². The predicted molar refractivity (Wildman–Crippen MR) is 79.5 cm³/mol. The van der Waals surface area contributed by atoms with Crippen molar-refractivity contribution < 1.29 is 18.8 Å². The Kier molecular flexibility index (Phi) is 5.40. The molecule has 0 spiro atoms. The molecule has 0 radical (unpaired) electrons. The lowest BCUT2D eigenvalue weighted by atomic mass is 9.91. The van der Waals surface area contributed by atoms with Gasteiger partial charge in [-0.1, -0.05) is 6.92 Å². The van der Waals surface area contributed by atoms with Crippen LogP contribution in [0.5, 0.6) is 5.75 Å². The molecule has 1 aliphatic carbocycles. The van der Waals surface area contributed by atoms with Crippen LogP contribution in [-0.4, -0.2) is 29.1 Å². The number of hydrogen-bond acceptors (Lipinski definition) is 4. The summed E-state index contributed by atoms with van der Waals surface area (Å²) in [5.74, 6) is -0.734. The number of ether oxygens (including phenoxy) is 2. The number of rotatable bonds is 6. The van der Waals surface area contributed by atoms with Crippen molar-refractivity contribution in [3.63, 3.8) is 0 Å². The molecule has 8 heteroatoms. The molecule has 1 fully saturated rings. The lowest BCUT2D eigenvalue weighted by molar-refractivity contribution is -0.386. The minimum absolute atomic E-state index is 0.0177. The molecule has 5 nitrogen and oxygen atoms in total. The zero-order chi connectivity index (χ0) is 15.6. The van der Waals surface area contributed by atoms with Crippen LogP contribution in [0.3, 0.4) is 0 Å². The Morgan fingerprint density at radius 3 is 2.86 bits per heavy atom. The first-order valence-electron chi connectivity index (χ1n) is 6.49. The molecule has 0 N–H and O–H groups in total. The molecule has 1 aromatic rings. The summed E-state index contributed by atoms with van der Waals surface area (Å²) < 4.78 is 24.7. The van der Waals surface area contributed by atoms with Crippen molar-refractivity contribution in [2.45, 2.75) is 37.4 Å². The normalized spacial score (nSPS) is 24.5. The summed E-state index contributed by atoms with van der Waals surface area (Å²) in [6.07, 6.45) is 0.598. The maximum Gasteiger partial charge on any atom is 0.312 e. The maximum atomic E-state index is 13.6. The van der Waals surface area contributed by atoms with Crippen molar-refractivity contribution in [3.05, 3.63) is 32.5 Å². The number of nitrogens with zero attached hydrogens (tertiary/aromatic N) is 1. The molecule has 0 saturated heterocycles. The van der Waals surface area contributed by atoms with E-state index in [2.05, 4.69) is 15.9 Å². The lowest BCUT2D eigenvalue weighted by Gasteiger charge is -2.40. The van der Waals surface area contributed by atoms with E-state index in [4.69, 9.17) is 21.1 Å². The van der Waals surface area contributed by atoms with Gasteiger partial charge in [0.25, 0.3) is 0 Å². The van der Waals surface area contributed by atoms with Gasteiger partial charge < -0.3 is 9.47 Å². The summed E-state index contributed by atoms with van der Waals surface area (Å²) in [7, 11) is 0. The molecule has 1 aliphatic rings. The van der Waals surface area contributed by atoms with E-state index in [1.165, 1.54) is 0 Å². The maximum absolute atomic E-state index is 13.6. The van der Waals surface area contributed by atoms with Crippen molar-refractivity contribution in [1.29, 1.82) is 0 Å². The SMILES string of the molecule is CCCOC1C(Cl)CC1Oc1cc(F)c(Br)cc1[N+](=O)[O-]. The Labute approximate surface area is 134 Å². The van der Waals surface area contributed by atoms with Crippen LogP contribution in [0.2, 0.25) is 0 Å². The van der Waals surface area contributed by atoms with E-state index in [1.54, 1.807) is 0 Å². The fourth-order valence-corrected chi connectivity index (χ4v) is 2.77. The van der Waals surface area contributed by atoms with E-state index in [0.29, 0.717) is 13.0 Å². The third-order valence-electron chi connectivity index (χ3n) is 3.17. The zero-order valence-corrected chi connectivity index (χ0v) is 13.6. The van der Waals surface area contributed by atoms with Crippen molar-refractivity contribution in [3.8, 4) is 5.75 Å². The molecular formula is C13H14BrClFNO4. The number of nitro groups is 1. The fourth-order valence-electron chi connectivity index (χ4n) is 2.03. The standard InChI is InChI=1S/C13H14BrClFNO4/c1-2-3-20-13-8(15)5-12(13)21-11-6-9(16)7(14)4-10(11)17(18)19/h4,6,8,12-13H,2-3,5H2,1H3. The van der Waals surface area contributed by atoms with E-state index < -0.39 is 16.8 Å². The number of hydrogen-bond donors (Lipinski definition) is 0. The van der Waals surface area contributed by atoms with Crippen LogP contribution in [0, 0.1) is 15.9 Å². The molecule has 1 aromatic carbocycles. The smallest absolute Gasteiger partial charge is 0.312 e. The first-order chi connectivity index (χ1) is 9.93. The monoisotopic (exact) mass is 381 g/mol. The van der Waals surface area contributed by atoms with Crippen LogP contribution in [0.4, 0.5) is 10.1 Å². The molecule has 116 valence electrons. The van der Waals surface area contributed by atoms with Gasteiger partial charge in [-0.05, 0) is 22.4 Å². The minimum Gasteiger partial charge on any atom is -0.481 e. The number of alkyl halides is 1. The summed E-state index contributed by atoms with van der Waals surface area (Å²) >= 11 is 8.97. The molecule has 3 unspecified atom stereocenters. The van der Waals surface area contributed by atoms with Gasteiger partial charge in [0.1, 0.15) is 18.0 Å². The van der Waals surface area contributed by atoms with Gasteiger partial charge in [0.2, 0.25) is 0 Å². The Morgan fingerprint density at radius 2 is 2.29 bits per heavy atom. The van der Waals surface area contributed by atoms with Gasteiger partial charge in [0.15, 0.2) is 5.75 Å². The van der Waals surface area contributed by atoms with Gasteiger partial charge in [0.05, 0.1) is 14.8 Å². The first-order valence-corrected chi connectivity index (χ1v) is 7.72. The third kappa shape index (κ3) is 3.64. The van der Waals surface area contributed by atoms with Crippen LogP contribution in [0.25, 0.3) is 0 Å². The second-order valence-electron chi connectivity index (χ2n) is 4.73. The van der Waals surface area contributed by atoms with E-state index in [1.807, 2.05) is 6.92 Å². The molecule has 0 bridgehead atoms. The summed E-state index contributed by atoms with van der Waals surface area (Å²) in [5, 5.41) is 10.8. The predicted octanol–water partition coefficient (Wildman–Crippen LogP) is 4.05. The quantitative estimate of drug-likeness (QED) is 0.423. The molecule has 0 amide bonds. The van der Waals surface area contributed by atoms with Gasteiger partial charge >= 0.3 is 5.69 Å². The van der Waals surface area contributed by atoms with E-state index >= 15 is 0 Å². The summed E-state index contributed by atoms with van der Waals surface area (Å²) in [6.45, 7) is 2.50. The Balaban J connectivity index is 2.15. The fraction of sp³-hybridized carbons (Fsp3) is 0.538. The molecule has 0 aliphatic heterocycles. The molecule has 3 atom stereocenters. The number of benzene rings is 1. The summed E-state index contributed by atoms with van der Waals surface area (Å²) in [5.41, 5.74) is -0.296. The van der Waals surface area contributed by atoms with Crippen molar-refractivity contribution in [2.24, 2.45) is 0 Å². The summed E-state index contributed by atoms with van der Waals surface area (Å²) in [6, 6.07) is 2.09. The average molecular weight is 383 g/mol. The third-order valence-corrected chi connectivity index (χ3v) is 4.21. The zero-order valence-electron chi connectivity index (χ0n) is 11.2. The van der Waals surface area contributed by atoms with Gasteiger partial charge in [-0.25, -0.2) is 4.39 Å². The Hall–Kier alpha value is -0.920. The average Bonchev–Trinajstić information content (AvgIpc) is 2.42. The summed E-state index contributed by atoms with van der Waals surface area (Å²) in [4.78, 5) is 10.4. The Bertz CT molecular complexity index is 545. The number of halogens is 3. The van der Waals surface area contributed by atoms with Crippen LogP contribution in [0.1, 0.15) is 19.8 Å². The molecular weight excluding hydrogens is 369 g/mol. The second kappa shape index (κ2) is 6.89. The highest BCUT2D eigenvalue weighted by atomic mass is 79.9. The van der Waals surface area contributed by atoms with Crippen molar-refractivity contribution in [1.82, 2.24) is 0 Å². The highest BCUT2D eigenvalue weighted by molar-refractivity contribution is 9.10. The Morgan fingerprint density at radius 1 is 1.57 bits per heavy atom. The topological polar surface area (TPSA) is 61.6 Å². The van der Waals surface area contributed by atoms with Crippen LogP contribution in [0.15, 0.2) is 16.6 Å². The van der Waals surface area contributed by atoms with E-state index in [0.717, 1.165) is 18.6 Å². The van der Waals surface area contributed by atoms with Crippen LogP contribution in [-0.2, 0) is 4.74 Å². The van der Waals surface area contributed by atoms with Crippen LogP contribution < -0.4 is 4.74 Å². The first kappa shape index (κ1) is 16.5. The van der Waals surface area contributed by atoms with Gasteiger partial charge in [0, 0.05) is 25.2 Å². The molecule has 0 heterocycles. The van der Waals surface area contributed by atoms with Gasteiger partial charge in [-0.2, -0.15) is 0 Å². The van der Waals surface area contributed by atoms with Crippen molar-refractivity contribution >= 4 is 33.2 Å². The molecule has 0 aromatic heterocycles. The largest absolute Gasteiger partial charge is 0.481 e. The van der Waals surface area contributed by atoms with Crippen LogP contribution >= 0.6 is 27.5 Å². The molecule has 21 heavy (non-hydrogen) atoms.